The maximum absolute atomic E-state index is 12.4. The first-order chi connectivity index (χ1) is 12.8. The van der Waals surface area contributed by atoms with Gasteiger partial charge in [0, 0.05) is 18.2 Å². The summed E-state index contributed by atoms with van der Waals surface area (Å²) in [6, 6.07) is 4.11. The summed E-state index contributed by atoms with van der Waals surface area (Å²) in [5.41, 5.74) is 0.141. The summed E-state index contributed by atoms with van der Waals surface area (Å²) < 4.78 is 5.49. The van der Waals surface area contributed by atoms with E-state index in [1.807, 2.05) is 0 Å². The number of hydrogen-bond donors (Lipinski definition) is 1. The number of non-ortho nitro benzene ring substituents is 1. The molecule has 0 radical (unpaired) electrons. The number of carbonyl (C=O) groups is 1. The Hall–Kier alpha value is -1.82. The average Bonchev–Trinajstić information content (AvgIpc) is 2.59. The second kappa shape index (κ2) is 6.97. The fourth-order valence-corrected chi connectivity index (χ4v) is 6.24. The van der Waals surface area contributed by atoms with Crippen molar-refractivity contribution in [2.24, 2.45) is 23.2 Å². The van der Waals surface area contributed by atoms with E-state index in [1.165, 1.54) is 56.7 Å². The summed E-state index contributed by atoms with van der Waals surface area (Å²) in [6.45, 7) is 1.98. The number of hydrogen-bond acceptors (Lipinski definition) is 4. The average molecular weight is 393 g/mol. The molecule has 0 aromatic heterocycles. The standard InChI is InChI=1S/C20H25ClN2O4/c1-12(20-8-13-4-14(9-20)6-15(5-13)10-20)22-19(24)11-27-18-3-2-16(23(25)26)7-17(18)21/h2-3,7,12-15H,4-6,8-11H2,1H3,(H,22,24)/t12-,13?,14?,15?,20?/m0/s1. The summed E-state index contributed by atoms with van der Waals surface area (Å²) in [4.78, 5) is 22.7. The topological polar surface area (TPSA) is 81.5 Å². The van der Waals surface area contributed by atoms with E-state index in [-0.39, 0.29) is 40.4 Å². The number of carbonyl (C=O) groups excluding carboxylic acids is 1. The Morgan fingerprint density at radius 3 is 2.41 bits per heavy atom. The van der Waals surface area contributed by atoms with Gasteiger partial charge in [-0.25, -0.2) is 0 Å². The third-order valence-electron chi connectivity index (χ3n) is 6.87. The van der Waals surface area contributed by atoms with Crippen LogP contribution in [0.5, 0.6) is 5.75 Å². The molecule has 0 aliphatic heterocycles. The van der Waals surface area contributed by atoms with Gasteiger partial charge in [0.2, 0.25) is 0 Å². The zero-order valence-electron chi connectivity index (χ0n) is 15.4. The number of nitro groups is 1. The van der Waals surface area contributed by atoms with Gasteiger partial charge in [0.25, 0.3) is 11.6 Å². The van der Waals surface area contributed by atoms with E-state index < -0.39 is 4.92 Å². The normalized spacial score (nSPS) is 32.1. The largest absolute Gasteiger partial charge is 0.482 e. The molecule has 0 heterocycles. The molecule has 27 heavy (non-hydrogen) atoms. The first-order valence-electron chi connectivity index (χ1n) is 9.71. The molecule has 4 bridgehead atoms. The number of nitrogens with one attached hydrogen (secondary N) is 1. The second-order valence-electron chi connectivity index (χ2n) is 8.73. The SMILES string of the molecule is C[C@H](NC(=O)COc1ccc([N+](=O)[O-])cc1Cl)C12CC3CC(CC(C3)C1)C2. The Labute approximate surface area is 163 Å². The summed E-state index contributed by atoms with van der Waals surface area (Å²) in [5.74, 6) is 2.62. The van der Waals surface area contributed by atoms with Gasteiger partial charge in [0.1, 0.15) is 5.75 Å². The molecule has 6 nitrogen and oxygen atoms in total. The second-order valence-corrected chi connectivity index (χ2v) is 9.14. The van der Waals surface area contributed by atoms with Gasteiger partial charge in [-0.05, 0) is 74.7 Å². The number of nitrogens with zero attached hydrogens (tertiary/aromatic N) is 1. The zero-order valence-corrected chi connectivity index (χ0v) is 16.2. The third kappa shape index (κ3) is 3.64. The molecule has 1 aromatic carbocycles. The van der Waals surface area contributed by atoms with Crippen molar-refractivity contribution in [3.8, 4) is 5.75 Å². The molecule has 146 valence electrons. The molecule has 1 N–H and O–H groups in total. The quantitative estimate of drug-likeness (QED) is 0.576. The first-order valence-corrected chi connectivity index (χ1v) is 10.1. The minimum Gasteiger partial charge on any atom is -0.482 e. The molecule has 1 atom stereocenters. The third-order valence-corrected chi connectivity index (χ3v) is 7.16. The maximum Gasteiger partial charge on any atom is 0.271 e. The number of benzene rings is 1. The van der Waals surface area contributed by atoms with Crippen LogP contribution in [0.25, 0.3) is 0 Å². The number of halogens is 1. The van der Waals surface area contributed by atoms with Crippen molar-refractivity contribution in [2.45, 2.75) is 51.5 Å². The number of amides is 1. The smallest absolute Gasteiger partial charge is 0.271 e. The lowest BCUT2D eigenvalue weighted by atomic mass is 9.48. The molecule has 1 aromatic rings. The monoisotopic (exact) mass is 392 g/mol. The van der Waals surface area contributed by atoms with Gasteiger partial charge in [0.15, 0.2) is 6.61 Å². The van der Waals surface area contributed by atoms with E-state index in [9.17, 15) is 14.9 Å². The lowest BCUT2D eigenvalue weighted by Crippen LogP contribution is -2.56. The summed E-state index contributed by atoms with van der Waals surface area (Å²) >= 11 is 6.01. The van der Waals surface area contributed by atoms with Crippen molar-refractivity contribution in [3.63, 3.8) is 0 Å². The summed E-state index contributed by atoms with van der Waals surface area (Å²) in [5, 5.41) is 14.0. The van der Waals surface area contributed by atoms with Gasteiger partial charge in [-0.15, -0.1) is 0 Å². The fourth-order valence-electron chi connectivity index (χ4n) is 6.01. The van der Waals surface area contributed by atoms with Crippen molar-refractivity contribution in [2.75, 3.05) is 6.61 Å². The van der Waals surface area contributed by atoms with Gasteiger partial charge < -0.3 is 10.1 Å². The van der Waals surface area contributed by atoms with E-state index >= 15 is 0 Å². The highest BCUT2D eigenvalue weighted by Crippen LogP contribution is 2.61. The number of ether oxygens (including phenoxy) is 1. The highest BCUT2D eigenvalue weighted by atomic mass is 35.5. The van der Waals surface area contributed by atoms with Crippen molar-refractivity contribution in [3.05, 3.63) is 33.3 Å². The Bertz CT molecular complexity index is 731. The van der Waals surface area contributed by atoms with E-state index in [0.717, 1.165) is 17.8 Å². The lowest BCUT2D eigenvalue weighted by Gasteiger charge is -2.59. The fraction of sp³-hybridized carbons (Fsp3) is 0.650. The Kier molecular flexibility index (Phi) is 4.78. The highest BCUT2D eigenvalue weighted by Gasteiger charge is 2.53. The van der Waals surface area contributed by atoms with Crippen LogP contribution in [-0.2, 0) is 4.79 Å². The van der Waals surface area contributed by atoms with Crippen LogP contribution in [0, 0.1) is 33.3 Å². The van der Waals surface area contributed by atoms with Gasteiger partial charge in [-0.3, -0.25) is 14.9 Å². The highest BCUT2D eigenvalue weighted by molar-refractivity contribution is 6.32. The molecular weight excluding hydrogens is 368 g/mol. The Morgan fingerprint density at radius 1 is 1.30 bits per heavy atom. The first kappa shape index (κ1) is 18.5. The zero-order chi connectivity index (χ0) is 19.2. The summed E-state index contributed by atoms with van der Waals surface area (Å²) in [6.07, 6.45) is 7.82. The molecule has 7 heteroatoms. The minimum atomic E-state index is -0.518. The molecule has 4 fully saturated rings. The van der Waals surface area contributed by atoms with Gasteiger partial charge in [-0.1, -0.05) is 11.6 Å². The van der Waals surface area contributed by atoms with Crippen LogP contribution in [0.2, 0.25) is 5.02 Å². The molecule has 0 unspecified atom stereocenters. The predicted octanol–water partition coefficient (Wildman–Crippen LogP) is 4.35. The number of rotatable bonds is 6. The van der Waals surface area contributed by atoms with Crippen molar-refractivity contribution in [1.82, 2.24) is 5.32 Å². The van der Waals surface area contributed by atoms with E-state index in [2.05, 4.69) is 12.2 Å². The lowest BCUT2D eigenvalue weighted by molar-refractivity contribution is -0.384. The van der Waals surface area contributed by atoms with Crippen molar-refractivity contribution in [1.29, 1.82) is 0 Å². The van der Waals surface area contributed by atoms with Crippen LogP contribution in [0.3, 0.4) is 0 Å². The van der Waals surface area contributed by atoms with Gasteiger partial charge in [0.05, 0.1) is 9.95 Å². The molecule has 0 saturated heterocycles. The van der Waals surface area contributed by atoms with E-state index in [0.29, 0.717) is 0 Å². The van der Waals surface area contributed by atoms with Gasteiger partial charge in [-0.2, -0.15) is 0 Å². The predicted molar refractivity (Wildman–Crippen MR) is 102 cm³/mol. The molecular formula is C20H25ClN2O4. The van der Waals surface area contributed by atoms with Crippen LogP contribution in [-0.4, -0.2) is 23.5 Å². The van der Waals surface area contributed by atoms with E-state index in [1.54, 1.807) is 0 Å². The number of nitro benzene ring substituents is 1. The molecule has 4 aliphatic carbocycles. The van der Waals surface area contributed by atoms with Crippen molar-refractivity contribution >= 4 is 23.2 Å². The molecule has 1 amide bonds. The van der Waals surface area contributed by atoms with Crippen LogP contribution < -0.4 is 10.1 Å². The van der Waals surface area contributed by atoms with E-state index in [4.69, 9.17) is 16.3 Å². The summed E-state index contributed by atoms with van der Waals surface area (Å²) in [7, 11) is 0. The van der Waals surface area contributed by atoms with Crippen LogP contribution in [0.1, 0.15) is 45.4 Å². The van der Waals surface area contributed by atoms with Gasteiger partial charge >= 0.3 is 0 Å². The maximum atomic E-state index is 12.4. The molecule has 0 spiro atoms. The minimum absolute atomic E-state index is 0.104. The Morgan fingerprint density at radius 2 is 1.89 bits per heavy atom. The van der Waals surface area contributed by atoms with Crippen LogP contribution >= 0.6 is 11.6 Å². The van der Waals surface area contributed by atoms with Crippen LogP contribution in [0.4, 0.5) is 5.69 Å². The Balaban J connectivity index is 1.34. The molecule has 4 saturated carbocycles. The molecule has 4 aliphatic rings. The van der Waals surface area contributed by atoms with Crippen LogP contribution in [0.15, 0.2) is 18.2 Å². The van der Waals surface area contributed by atoms with Crippen molar-refractivity contribution < 1.29 is 14.5 Å². The molecule has 5 rings (SSSR count).